The largest absolute Gasteiger partial charge is 0.485 e. The van der Waals surface area contributed by atoms with Gasteiger partial charge in [-0.05, 0) is 61.4 Å². The summed E-state index contributed by atoms with van der Waals surface area (Å²) in [5, 5.41) is 3.51. The molecular weight excluding hydrogens is 373 g/mol. The van der Waals surface area contributed by atoms with Crippen molar-refractivity contribution in [2.45, 2.75) is 20.5 Å². The van der Waals surface area contributed by atoms with Crippen LogP contribution < -0.4 is 10.1 Å². The number of amides is 1. The summed E-state index contributed by atoms with van der Waals surface area (Å²) in [6, 6.07) is 14.2. The highest BCUT2D eigenvalue weighted by Crippen LogP contribution is 2.25. The van der Waals surface area contributed by atoms with E-state index in [9.17, 15) is 4.79 Å². The first kappa shape index (κ1) is 18.4. The summed E-state index contributed by atoms with van der Waals surface area (Å²) in [6.45, 7) is 4.22. The van der Waals surface area contributed by atoms with Crippen molar-refractivity contribution in [3.8, 4) is 5.75 Å². The molecule has 0 spiro atoms. The number of hydrogen-bond acceptors (Lipinski definition) is 3. The lowest BCUT2D eigenvalue weighted by Gasteiger charge is -2.08. The Morgan fingerprint density at radius 3 is 2.62 bits per heavy atom. The normalized spacial score (nSPS) is 10.6. The minimum absolute atomic E-state index is 0.190. The Bertz CT molecular complexity index is 950. The van der Waals surface area contributed by atoms with Gasteiger partial charge in [0.15, 0.2) is 5.76 Å². The van der Waals surface area contributed by atoms with Gasteiger partial charge < -0.3 is 14.5 Å². The molecule has 2 aromatic carbocycles. The zero-order chi connectivity index (χ0) is 18.7. The standard InChI is InChI=1S/C20H17Cl2NO3/c1-12-3-4-13(2)19(9-12)25-11-15-6-8-18(26-15)20(24)23-14-5-7-16(21)17(22)10-14/h3-10H,11H2,1-2H3,(H,23,24). The average molecular weight is 390 g/mol. The molecule has 3 rings (SSSR count). The van der Waals surface area contributed by atoms with Crippen LogP contribution in [0.4, 0.5) is 5.69 Å². The van der Waals surface area contributed by atoms with Gasteiger partial charge in [0, 0.05) is 5.69 Å². The van der Waals surface area contributed by atoms with Crippen LogP contribution in [0.3, 0.4) is 0 Å². The van der Waals surface area contributed by atoms with E-state index < -0.39 is 0 Å². The van der Waals surface area contributed by atoms with Gasteiger partial charge in [0.2, 0.25) is 0 Å². The van der Waals surface area contributed by atoms with Crippen molar-refractivity contribution >= 4 is 34.8 Å². The van der Waals surface area contributed by atoms with Crippen LogP contribution in [-0.4, -0.2) is 5.91 Å². The summed E-state index contributed by atoms with van der Waals surface area (Å²) in [7, 11) is 0. The molecule has 0 atom stereocenters. The number of benzene rings is 2. The Hall–Kier alpha value is -2.43. The van der Waals surface area contributed by atoms with Crippen LogP contribution in [0.1, 0.15) is 27.4 Å². The van der Waals surface area contributed by atoms with E-state index in [4.69, 9.17) is 32.4 Å². The summed E-state index contributed by atoms with van der Waals surface area (Å²) < 4.78 is 11.4. The fraction of sp³-hybridized carbons (Fsp3) is 0.150. The molecule has 0 radical (unpaired) electrons. The van der Waals surface area contributed by atoms with Crippen molar-refractivity contribution < 1.29 is 13.9 Å². The average Bonchev–Trinajstić information content (AvgIpc) is 3.08. The maximum atomic E-state index is 12.3. The molecule has 6 heteroatoms. The molecule has 1 aromatic heterocycles. The third-order valence-electron chi connectivity index (χ3n) is 3.78. The molecule has 0 aliphatic carbocycles. The molecule has 1 N–H and O–H groups in total. The lowest BCUT2D eigenvalue weighted by atomic mass is 10.1. The van der Waals surface area contributed by atoms with E-state index >= 15 is 0 Å². The number of carbonyl (C=O) groups is 1. The van der Waals surface area contributed by atoms with Crippen LogP contribution in [0.2, 0.25) is 10.0 Å². The molecule has 3 aromatic rings. The predicted molar refractivity (Wildman–Crippen MR) is 103 cm³/mol. The first-order valence-corrected chi connectivity index (χ1v) is 8.73. The van der Waals surface area contributed by atoms with Crippen LogP contribution in [0, 0.1) is 13.8 Å². The van der Waals surface area contributed by atoms with E-state index in [0.717, 1.165) is 16.9 Å². The summed E-state index contributed by atoms with van der Waals surface area (Å²) in [5.41, 5.74) is 2.69. The number of furan rings is 1. The van der Waals surface area contributed by atoms with Crippen molar-refractivity contribution in [2.24, 2.45) is 0 Å². The number of anilines is 1. The van der Waals surface area contributed by atoms with Gasteiger partial charge in [0.1, 0.15) is 18.1 Å². The van der Waals surface area contributed by atoms with Crippen molar-refractivity contribution in [1.82, 2.24) is 0 Å². The smallest absolute Gasteiger partial charge is 0.291 e. The quantitative estimate of drug-likeness (QED) is 0.578. The maximum absolute atomic E-state index is 12.3. The van der Waals surface area contributed by atoms with E-state index in [0.29, 0.717) is 21.5 Å². The zero-order valence-corrected chi connectivity index (χ0v) is 15.8. The summed E-state index contributed by atoms with van der Waals surface area (Å²) in [5.74, 6) is 1.17. The fourth-order valence-corrected chi connectivity index (χ4v) is 2.65. The van der Waals surface area contributed by atoms with Gasteiger partial charge in [-0.2, -0.15) is 0 Å². The van der Waals surface area contributed by atoms with Crippen molar-refractivity contribution in [3.05, 3.63) is 81.2 Å². The second-order valence-corrected chi connectivity index (χ2v) is 6.72. The van der Waals surface area contributed by atoms with Crippen molar-refractivity contribution in [1.29, 1.82) is 0 Å². The monoisotopic (exact) mass is 389 g/mol. The molecule has 134 valence electrons. The number of aryl methyl sites for hydroxylation is 2. The molecule has 26 heavy (non-hydrogen) atoms. The Kier molecular flexibility index (Phi) is 5.55. The Morgan fingerprint density at radius 1 is 1.04 bits per heavy atom. The number of rotatable bonds is 5. The summed E-state index contributed by atoms with van der Waals surface area (Å²) in [6.07, 6.45) is 0. The van der Waals surface area contributed by atoms with E-state index in [1.165, 1.54) is 0 Å². The molecule has 4 nitrogen and oxygen atoms in total. The third-order valence-corrected chi connectivity index (χ3v) is 4.52. The van der Waals surface area contributed by atoms with E-state index in [2.05, 4.69) is 5.32 Å². The van der Waals surface area contributed by atoms with E-state index in [1.807, 2.05) is 32.0 Å². The molecule has 0 fully saturated rings. The lowest BCUT2D eigenvalue weighted by Crippen LogP contribution is -2.10. The van der Waals surface area contributed by atoms with Crippen LogP contribution >= 0.6 is 23.2 Å². The van der Waals surface area contributed by atoms with Gasteiger partial charge >= 0.3 is 0 Å². The second kappa shape index (κ2) is 7.85. The van der Waals surface area contributed by atoms with Crippen LogP contribution in [0.5, 0.6) is 5.75 Å². The first-order valence-electron chi connectivity index (χ1n) is 7.97. The Morgan fingerprint density at radius 2 is 1.85 bits per heavy atom. The fourth-order valence-electron chi connectivity index (χ4n) is 2.36. The highest BCUT2D eigenvalue weighted by molar-refractivity contribution is 6.42. The Balaban J connectivity index is 1.64. The Labute approximate surface area is 161 Å². The third kappa shape index (κ3) is 4.40. The van der Waals surface area contributed by atoms with Gasteiger partial charge in [-0.3, -0.25) is 4.79 Å². The topological polar surface area (TPSA) is 51.5 Å². The van der Waals surface area contributed by atoms with Crippen LogP contribution in [-0.2, 0) is 6.61 Å². The minimum Gasteiger partial charge on any atom is -0.485 e. The SMILES string of the molecule is Cc1ccc(C)c(OCc2ccc(C(=O)Nc3ccc(Cl)c(Cl)c3)o2)c1. The van der Waals surface area contributed by atoms with Gasteiger partial charge in [-0.1, -0.05) is 35.3 Å². The molecule has 0 saturated heterocycles. The summed E-state index contributed by atoms with van der Waals surface area (Å²) in [4.78, 5) is 12.3. The minimum atomic E-state index is -0.374. The lowest BCUT2D eigenvalue weighted by molar-refractivity contribution is 0.0992. The molecule has 1 amide bonds. The molecule has 0 aliphatic rings. The number of ether oxygens (including phenoxy) is 1. The van der Waals surface area contributed by atoms with E-state index in [-0.39, 0.29) is 18.3 Å². The molecule has 1 heterocycles. The van der Waals surface area contributed by atoms with Gasteiger partial charge in [0.05, 0.1) is 10.0 Å². The molecule has 0 aliphatic heterocycles. The predicted octanol–water partition coefficient (Wildman–Crippen LogP) is 6.03. The first-order chi connectivity index (χ1) is 12.4. The highest BCUT2D eigenvalue weighted by Gasteiger charge is 2.13. The number of halogens is 2. The zero-order valence-electron chi connectivity index (χ0n) is 14.3. The van der Waals surface area contributed by atoms with Crippen LogP contribution in [0.15, 0.2) is 52.9 Å². The van der Waals surface area contributed by atoms with Crippen molar-refractivity contribution in [3.63, 3.8) is 0 Å². The van der Waals surface area contributed by atoms with Gasteiger partial charge in [-0.15, -0.1) is 0 Å². The maximum Gasteiger partial charge on any atom is 0.291 e. The molecule has 0 unspecified atom stereocenters. The van der Waals surface area contributed by atoms with Crippen molar-refractivity contribution in [2.75, 3.05) is 5.32 Å². The van der Waals surface area contributed by atoms with Gasteiger partial charge in [-0.25, -0.2) is 0 Å². The second-order valence-electron chi connectivity index (χ2n) is 5.91. The van der Waals surface area contributed by atoms with Crippen LogP contribution in [0.25, 0.3) is 0 Å². The molecule has 0 saturated carbocycles. The summed E-state index contributed by atoms with van der Waals surface area (Å²) >= 11 is 11.8. The number of hydrogen-bond donors (Lipinski definition) is 1. The number of carbonyl (C=O) groups excluding carboxylic acids is 1. The van der Waals surface area contributed by atoms with Gasteiger partial charge in [0.25, 0.3) is 5.91 Å². The molecular formula is C20H17Cl2NO3. The molecule has 0 bridgehead atoms. The number of nitrogens with one attached hydrogen (secondary N) is 1. The highest BCUT2D eigenvalue weighted by atomic mass is 35.5. The van der Waals surface area contributed by atoms with E-state index in [1.54, 1.807) is 30.3 Å².